The van der Waals surface area contributed by atoms with E-state index in [-0.39, 0.29) is 22.8 Å². The summed E-state index contributed by atoms with van der Waals surface area (Å²) < 4.78 is 10.8. The van der Waals surface area contributed by atoms with E-state index in [1.807, 2.05) is 72.8 Å². The Balaban J connectivity index is 1.02. The zero-order valence-electron chi connectivity index (χ0n) is 28.8. The van der Waals surface area contributed by atoms with E-state index >= 15 is 0 Å². The van der Waals surface area contributed by atoms with Crippen LogP contribution in [0.1, 0.15) is 61.0 Å². The predicted molar refractivity (Wildman–Crippen MR) is 201 cm³/mol. The number of hydrogen-bond donors (Lipinski definition) is 4. The molecule has 0 spiro atoms. The molecule has 0 aliphatic carbocycles. The van der Waals surface area contributed by atoms with Crippen molar-refractivity contribution in [2.45, 2.75) is 46.1 Å². The molecule has 0 bridgehead atoms. The second-order valence-corrected chi connectivity index (χ2v) is 14.4. The summed E-state index contributed by atoms with van der Waals surface area (Å²) in [5.74, 6) is 1.54. The molecule has 0 aliphatic heterocycles. The molecule has 0 aliphatic rings. The summed E-state index contributed by atoms with van der Waals surface area (Å²) in [6, 6.07) is 28.8. The summed E-state index contributed by atoms with van der Waals surface area (Å²) in [5.41, 5.74) is 4.98. The Kier molecular flexibility index (Phi) is 8.69. The van der Waals surface area contributed by atoms with Gasteiger partial charge in [-0.15, -0.1) is 0 Å². The normalized spacial score (nSPS) is 12.2. The number of hydrogen-bond acceptors (Lipinski definition) is 7. The van der Waals surface area contributed by atoms with Gasteiger partial charge in [0.05, 0.1) is 27.6 Å². The third-order valence-corrected chi connectivity index (χ3v) is 9.43. The van der Waals surface area contributed by atoms with Crippen LogP contribution in [0.5, 0.6) is 17.2 Å². The van der Waals surface area contributed by atoms with Crippen LogP contribution in [-0.4, -0.2) is 36.2 Å². The number of carbonyl (C=O) groups is 2. The summed E-state index contributed by atoms with van der Waals surface area (Å²) in [6.45, 7) is 10.1. The number of urea groups is 1. The van der Waals surface area contributed by atoms with Crippen LogP contribution in [0.4, 0.5) is 16.3 Å². The first kappa shape index (κ1) is 33.4. The van der Waals surface area contributed by atoms with E-state index in [9.17, 15) is 14.7 Å². The number of rotatable bonds is 8. The van der Waals surface area contributed by atoms with Gasteiger partial charge in [-0.05, 0) is 68.4 Å². The summed E-state index contributed by atoms with van der Waals surface area (Å²) in [7, 11) is 0. The molecule has 0 radical (unpaired) electrons. The van der Waals surface area contributed by atoms with Gasteiger partial charge in [0.2, 0.25) is 0 Å². The molecule has 4 N–H and O–H groups in total. The molecule has 7 rings (SSSR count). The number of ether oxygens (including phenoxy) is 1. The van der Waals surface area contributed by atoms with Gasteiger partial charge in [0, 0.05) is 35.0 Å². The number of carbonyl (C=O) groups excluding carboxylic acids is 2. The average molecular weight is 700 g/mol. The zero-order chi connectivity index (χ0) is 35.9. The lowest BCUT2D eigenvalue weighted by Gasteiger charge is -2.14. The number of anilines is 2. The van der Waals surface area contributed by atoms with E-state index in [2.05, 4.69) is 41.7 Å². The molecule has 3 amide bonds. The maximum absolute atomic E-state index is 13.1. The Labute approximate surface area is 298 Å². The molecule has 0 saturated heterocycles. The minimum atomic E-state index is -0.401. The number of nitrogens with one attached hydrogen (secondary N) is 3. The number of fused-ring (bicyclic) bond motifs is 3. The minimum absolute atomic E-state index is 0.124. The van der Waals surface area contributed by atoms with E-state index in [0.29, 0.717) is 33.5 Å². The molecule has 11 nitrogen and oxygen atoms in total. The number of benzene rings is 4. The highest BCUT2D eigenvalue weighted by molar-refractivity contribution is 7.23. The van der Waals surface area contributed by atoms with Crippen LogP contribution >= 0.6 is 11.3 Å². The number of aryl methyl sites for hydroxylation is 1. The number of thiazole rings is 1. The highest BCUT2D eigenvalue weighted by atomic mass is 32.1. The Morgan fingerprint density at radius 3 is 2.35 bits per heavy atom. The number of phenols is 1. The van der Waals surface area contributed by atoms with Crippen molar-refractivity contribution in [2.24, 2.45) is 0 Å². The molecule has 4 aromatic carbocycles. The first-order valence-electron chi connectivity index (χ1n) is 16.5. The van der Waals surface area contributed by atoms with Crippen LogP contribution in [-0.2, 0) is 5.41 Å². The second-order valence-electron chi connectivity index (χ2n) is 13.4. The highest BCUT2D eigenvalue weighted by Crippen LogP contribution is 2.33. The van der Waals surface area contributed by atoms with E-state index < -0.39 is 12.1 Å². The fourth-order valence-corrected chi connectivity index (χ4v) is 6.58. The molecular formula is C39H37N7O4S. The standard InChI is InChI=1S/C39H37N7O4S/c1-23-10-14-26(15-11-23)46-35(21-34(44-46)39(3,4)5)43-37(49)41-25-12-16-27(17-13-25)50-28-18-19-33-31(20-28)45-22-30(42-38(45)51-33)36(48)40-24(2)29-8-6-7-9-32(29)47/h6-22,24,47H,1-5H3,(H,40,48)(H2,41,43,49). The molecule has 258 valence electrons. The van der Waals surface area contributed by atoms with Crippen molar-refractivity contribution >= 4 is 50.0 Å². The molecule has 51 heavy (non-hydrogen) atoms. The van der Waals surface area contributed by atoms with Crippen LogP contribution in [0.2, 0.25) is 0 Å². The monoisotopic (exact) mass is 699 g/mol. The quantitative estimate of drug-likeness (QED) is 0.125. The third kappa shape index (κ3) is 7.12. The Morgan fingerprint density at radius 2 is 1.63 bits per heavy atom. The summed E-state index contributed by atoms with van der Waals surface area (Å²) in [6.07, 6.45) is 1.70. The zero-order valence-corrected chi connectivity index (χ0v) is 29.6. The fourth-order valence-electron chi connectivity index (χ4n) is 5.59. The van der Waals surface area contributed by atoms with Crippen molar-refractivity contribution in [1.29, 1.82) is 0 Å². The Hall–Kier alpha value is -6.14. The van der Waals surface area contributed by atoms with Crippen LogP contribution in [0.15, 0.2) is 103 Å². The van der Waals surface area contributed by atoms with Crippen molar-refractivity contribution in [3.8, 4) is 22.9 Å². The second kappa shape index (κ2) is 13.3. The molecule has 7 aromatic rings. The summed E-state index contributed by atoms with van der Waals surface area (Å²) >= 11 is 1.47. The molecule has 0 fully saturated rings. The number of imidazole rings is 1. The lowest BCUT2D eigenvalue weighted by Crippen LogP contribution is -2.26. The van der Waals surface area contributed by atoms with Crippen molar-refractivity contribution in [2.75, 3.05) is 10.6 Å². The first-order chi connectivity index (χ1) is 24.4. The lowest BCUT2D eigenvalue weighted by molar-refractivity contribution is 0.0935. The van der Waals surface area contributed by atoms with Gasteiger partial charge in [0.15, 0.2) is 4.96 Å². The van der Waals surface area contributed by atoms with Crippen LogP contribution < -0.4 is 20.7 Å². The first-order valence-corrected chi connectivity index (χ1v) is 17.3. The SMILES string of the molecule is Cc1ccc(-n2nc(C(C)(C)C)cc2NC(=O)Nc2ccc(Oc3ccc4sc5nc(C(=O)NC(C)c6ccccc6O)cn5c4c3)cc2)cc1. The maximum atomic E-state index is 13.1. The van der Waals surface area contributed by atoms with E-state index in [1.165, 1.54) is 11.3 Å². The number of para-hydroxylation sites is 1. The van der Waals surface area contributed by atoms with Gasteiger partial charge in [0.25, 0.3) is 5.91 Å². The molecule has 3 aromatic heterocycles. The molecular weight excluding hydrogens is 663 g/mol. The highest BCUT2D eigenvalue weighted by Gasteiger charge is 2.22. The van der Waals surface area contributed by atoms with E-state index in [4.69, 9.17) is 9.84 Å². The van der Waals surface area contributed by atoms with Gasteiger partial charge in [-0.2, -0.15) is 5.10 Å². The molecule has 3 heterocycles. The summed E-state index contributed by atoms with van der Waals surface area (Å²) in [4.78, 5) is 31.4. The van der Waals surface area contributed by atoms with E-state index in [0.717, 1.165) is 27.2 Å². The van der Waals surface area contributed by atoms with Gasteiger partial charge in [-0.25, -0.2) is 14.5 Å². The Morgan fingerprint density at radius 1 is 0.902 bits per heavy atom. The van der Waals surface area contributed by atoms with E-state index in [1.54, 1.807) is 53.3 Å². The number of aromatic nitrogens is 4. The molecule has 1 atom stereocenters. The number of aromatic hydroxyl groups is 1. The lowest BCUT2D eigenvalue weighted by atomic mass is 9.92. The number of phenolic OH excluding ortho intramolecular Hbond substituents is 1. The van der Waals surface area contributed by atoms with Crippen molar-refractivity contribution < 1.29 is 19.4 Å². The predicted octanol–water partition coefficient (Wildman–Crippen LogP) is 8.97. The van der Waals surface area contributed by atoms with Crippen molar-refractivity contribution in [1.82, 2.24) is 24.5 Å². The third-order valence-electron chi connectivity index (χ3n) is 8.39. The van der Waals surface area contributed by atoms with Gasteiger partial charge >= 0.3 is 6.03 Å². The van der Waals surface area contributed by atoms with Gasteiger partial charge < -0.3 is 20.5 Å². The fraction of sp³-hybridized carbons (Fsp3) is 0.179. The van der Waals surface area contributed by atoms with Crippen LogP contribution in [0.25, 0.3) is 20.9 Å². The van der Waals surface area contributed by atoms with Gasteiger partial charge in [0.1, 0.15) is 28.8 Å². The number of nitrogens with zero attached hydrogens (tertiary/aromatic N) is 4. The number of amides is 3. The van der Waals surface area contributed by atoms with Crippen molar-refractivity contribution in [3.63, 3.8) is 0 Å². The average Bonchev–Trinajstić information content (AvgIpc) is 3.80. The Bertz CT molecular complexity index is 2390. The smallest absolute Gasteiger partial charge is 0.324 e. The minimum Gasteiger partial charge on any atom is -0.508 e. The molecule has 12 heteroatoms. The van der Waals surface area contributed by atoms with Crippen LogP contribution in [0.3, 0.4) is 0 Å². The summed E-state index contributed by atoms with van der Waals surface area (Å²) in [5, 5.41) is 23.7. The molecule has 0 saturated carbocycles. The molecule has 1 unspecified atom stereocenters. The van der Waals surface area contributed by atoms with Crippen LogP contribution in [0, 0.1) is 6.92 Å². The van der Waals surface area contributed by atoms with Gasteiger partial charge in [-0.3, -0.25) is 14.5 Å². The van der Waals surface area contributed by atoms with Crippen molar-refractivity contribution in [3.05, 3.63) is 126 Å². The largest absolute Gasteiger partial charge is 0.508 e. The van der Waals surface area contributed by atoms with Gasteiger partial charge in [-0.1, -0.05) is 68.0 Å². The topological polar surface area (TPSA) is 135 Å². The maximum Gasteiger partial charge on any atom is 0.324 e.